The van der Waals surface area contributed by atoms with E-state index in [0.717, 1.165) is 16.1 Å². The maximum Gasteiger partial charge on any atom is 0.269 e. The second kappa shape index (κ2) is 7.28. The van der Waals surface area contributed by atoms with Crippen molar-refractivity contribution in [1.29, 1.82) is 0 Å². The van der Waals surface area contributed by atoms with Gasteiger partial charge in [0.25, 0.3) is 5.69 Å². The van der Waals surface area contributed by atoms with Crippen LogP contribution in [0, 0.1) is 17.0 Å². The van der Waals surface area contributed by atoms with E-state index in [1.54, 1.807) is 24.1 Å². The minimum absolute atomic E-state index is 0.0165. The van der Waals surface area contributed by atoms with E-state index in [4.69, 9.17) is 0 Å². The molecule has 23 heavy (non-hydrogen) atoms. The highest BCUT2D eigenvalue weighted by molar-refractivity contribution is 8.00. The van der Waals surface area contributed by atoms with Gasteiger partial charge in [-0.25, -0.2) is 0 Å². The molecular weight excluding hydrogens is 312 g/mol. The molecule has 1 unspecified atom stereocenters. The molecule has 120 valence electrons. The minimum atomic E-state index is -0.436. The molecule has 6 heteroatoms. The van der Waals surface area contributed by atoms with E-state index < -0.39 is 4.92 Å². The number of carbonyl (C=O) groups excluding carboxylic acids is 1. The van der Waals surface area contributed by atoms with Gasteiger partial charge in [0.2, 0.25) is 5.91 Å². The number of anilines is 1. The van der Waals surface area contributed by atoms with E-state index in [1.165, 1.54) is 23.9 Å². The lowest BCUT2D eigenvalue weighted by Crippen LogP contribution is -2.33. The second-order valence-electron chi connectivity index (χ2n) is 5.24. The van der Waals surface area contributed by atoms with Crippen LogP contribution in [0.4, 0.5) is 11.4 Å². The standard InChI is InChI=1S/C17H18N2O3S/c1-12-4-6-14(7-5-12)18(3)17(20)13(2)23-16-10-8-15(9-11-16)19(21)22/h4-11,13H,1-3H3. The predicted octanol–water partition coefficient (Wildman–Crippen LogP) is 4.05. The summed E-state index contributed by atoms with van der Waals surface area (Å²) < 4.78 is 0. The number of carbonyl (C=O) groups is 1. The van der Waals surface area contributed by atoms with Gasteiger partial charge in [-0.1, -0.05) is 17.7 Å². The SMILES string of the molecule is Cc1ccc(N(C)C(=O)C(C)Sc2ccc([N+](=O)[O-])cc2)cc1. The molecule has 0 aliphatic heterocycles. The number of benzene rings is 2. The van der Waals surface area contributed by atoms with Gasteiger partial charge in [0, 0.05) is 29.8 Å². The zero-order valence-electron chi connectivity index (χ0n) is 13.2. The fourth-order valence-electron chi connectivity index (χ4n) is 2.07. The van der Waals surface area contributed by atoms with Crippen LogP contribution in [0.2, 0.25) is 0 Å². The Balaban J connectivity index is 2.04. The number of hydrogen-bond acceptors (Lipinski definition) is 4. The van der Waals surface area contributed by atoms with E-state index in [1.807, 2.05) is 38.1 Å². The van der Waals surface area contributed by atoms with Gasteiger partial charge in [0.05, 0.1) is 10.2 Å². The van der Waals surface area contributed by atoms with E-state index >= 15 is 0 Å². The van der Waals surface area contributed by atoms with Gasteiger partial charge < -0.3 is 4.90 Å². The van der Waals surface area contributed by atoms with E-state index in [2.05, 4.69) is 0 Å². The largest absolute Gasteiger partial charge is 0.315 e. The fraction of sp³-hybridized carbons (Fsp3) is 0.235. The predicted molar refractivity (Wildman–Crippen MR) is 93.0 cm³/mol. The van der Waals surface area contributed by atoms with Gasteiger partial charge in [-0.15, -0.1) is 11.8 Å². The number of amides is 1. The third-order valence-corrected chi connectivity index (χ3v) is 4.56. The van der Waals surface area contributed by atoms with Crippen molar-refractivity contribution in [3.8, 4) is 0 Å². The van der Waals surface area contributed by atoms with Gasteiger partial charge in [0.1, 0.15) is 0 Å². The number of nitro groups is 1. The number of hydrogen-bond donors (Lipinski definition) is 0. The van der Waals surface area contributed by atoms with Crippen molar-refractivity contribution in [3.63, 3.8) is 0 Å². The highest BCUT2D eigenvalue weighted by Gasteiger charge is 2.20. The molecule has 0 spiro atoms. The van der Waals surface area contributed by atoms with Gasteiger partial charge in [-0.2, -0.15) is 0 Å². The number of thioether (sulfide) groups is 1. The lowest BCUT2D eigenvalue weighted by Gasteiger charge is -2.21. The molecule has 2 aromatic rings. The highest BCUT2D eigenvalue weighted by atomic mass is 32.2. The molecule has 0 heterocycles. The summed E-state index contributed by atoms with van der Waals surface area (Å²) in [5.41, 5.74) is 2.03. The Labute approximate surface area is 139 Å². The molecule has 0 saturated heterocycles. The first kappa shape index (κ1) is 17.0. The molecule has 0 bridgehead atoms. The van der Waals surface area contributed by atoms with E-state index in [9.17, 15) is 14.9 Å². The summed E-state index contributed by atoms with van der Waals surface area (Å²) in [6.45, 7) is 3.83. The van der Waals surface area contributed by atoms with Crippen LogP contribution in [0.25, 0.3) is 0 Å². The average Bonchev–Trinajstić information content (AvgIpc) is 2.54. The molecule has 0 fully saturated rings. The molecule has 2 aromatic carbocycles. The Bertz CT molecular complexity index is 699. The van der Waals surface area contributed by atoms with Crippen molar-refractivity contribution >= 4 is 29.0 Å². The lowest BCUT2D eigenvalue weighted by molar-refractivity contribution is -0.384. The van der Waals surface area contributed by atoms with Crippen molar-refractivity contribution in [1.82, 2.24) is 0 Å². The first-order chi connectivity index (χ1) is 10.9. The summed E-state index contributed by atoms with van der Waals surface area (Å²) in [4.78, 5) is 25.2. The first-order valence-electron chi connectivity index (χ1n) is 7.14. The van der Waals surface area contributed by atoms with Crippen molar-refractivity contribution in [2.75, 3.05) is 11.9 Å². The molecule has 0 N–H and O–H groups in total. The van der Waals surface area contributed by atoms with Crippen LogP contribution in [0.15, 0.2) is 53.4 Å². The Hall–Kier alpha value is -2.34. The quantitative estimate of drug-likeness (QED) is 0.471. The van der Waals surface area contributed by atoms with Gasteiger partial charge in [0.15, 0.2) is 0 Å². The second-order valence-corrected chi connectivity index (χ2v) is 6.66. The zero-order valence-corrected chi connectivity index (χ0v) is 14.0. The average molecular weight is 330 g/mol. The van der Waals surface area contributed by atoms with Crippen LogP contribution in [-0.4, -0.2) is 23.1 Å². The molecular formula is C17H18N2O3S. The Morgan fingerprint density at radius 2 is 1.70 bits per heavy atom. The van der Waals surface area contributed by atoms with Crippen molar-refractivity contribution in [2.45, 2.75) is 24.0 Å². The summed E-state index contributed by atoms with van der Waals surface area (Å²) in [6, 6.07) is 14.0. The molecule has 0 saturated carbocycles. The monoisotopic (exact) mass is 330 g/mol. The Kier molecular flexibility index (Phi) is 5.39. The zero-order chi connectivity index (χ0) is 17.0. The number of non-ortho nitro benzene ring substituents is 1. The normalized spacial score (nSPS) is 11.8. The summed E-state index contributed by atoms with van der Waals surface area (Å²) in [6.07, 6.45) is 0. The summed E-state index contributed by atoms with van der Waals surface area (Å²) >= 11 is 1.38. The molecule has 1 atom stereocenters. The molecule has 1 amide bonds. The molecule has 0 aliphatic carbocycles. The van der Waals surface area contributed by atoms with Crippen LogP contribution in [-0.2, 0) is 4.79 Å². The molecule has 2 rings (SSSR count). The van der Waals surface area contributed by atoms with Gasteiger partial charge >= 0.3 is 0 Å². The van der Waals surface area contributed by atoms with E-state index in [-0.39, 0.29) is 16.8 Å². The third-order valence-electron chi connectivity index (χ3n) is 3.46. The summed E-state index contributed by atoms with van der Waals surface area (Å²) in [5, 5.41) is 10.4. The number of nitro benzene ring substituents is 1. The van der Waals surface area contributed by atoms with Crippen LogP contribution >= 0.6 is 11.8 Å². The molecule has 0 radical (unpaired) electrons. The van der Waals surface area contributed by atoms with Crippen molar-refractivity contribution in [2.24, 2.45) is 0 Å². The maximum absolute atomic E-state index is 12.5. The number of rotatable bonds is 5. The van der Waals surface area contributed by atoms with Crippen molar-refractivity contribution in [3.05, 3.63) is 64.2 Å². The van der Waals surface area contributed by atoms with Crippen LogP contribution in [0.1, 0.15) is 12.5 Å². The summed E-state index contributed by atoms with van der Waals surface area (Å²) in [7, 11) is 1.75. The van der Waals surface area contributed by atoms with E-state index in [0.29, 0.717) is 0 Å². The minimum Gasteiger partial charge on any atom is -0.315 e. The Morgan fingerprint density at radius 1 is 1.13 bits per heavy atom. The lowest BCUT2D eigenvalue weighted by atomic mass is 10.2. The third kappa shape index (κ3) is 4.32. The molecule has 5 nitrogen and oxygen atoms in total. The number of nitrogens with zero attached hydrogens (tertiary/aromatic N) is 2. The fourth-order valence-corrected chi connectivity index (χ4v) is 3.03. The summed E-state index contributed by atoms with van der Waals surface area (Å²) in [5.74, 6) is -0.0165. The van der Waals surface area contributed by atoms with Crippen molar-refractivity contribution < 1.29 is 9.72 Å². The first-order valence-corrected chi connectivity index (χ1v) is 8.02. The van der Waals surface area contributed by atoms with Gasteiger partial charge in [-0.05, 0) is 38.1 Å². The maximum atomic E-state index is 12.5. The van der Waals surface area contributed by atoms with Crippen LogP contribution < -0.4 is 4.90 Å². The smallest absolute Gasteiger partial charge is 0.269 e. The number of aryl methyl sites for hydroxylation is 1. The highest BCUT2D eigenvalue weighted by Crippen LogP contribution is 2.27. The molecule has 0 aliphatic rings. The van der Waals surface area contributed by atoms with Crippen LogP contribution in [0.5, 0.6) is 0 Å². The Morgan fingerprint density at radius 3 is 2.22 bits per heavy atom. The van der Waals surface area contributed by atoms with Gasteiger partial charge in [-0.3, -0.25) is 14.9 Å². The molecule has 0 aromatic heterocycles. The van der Waals surface area contributed by atoms with Crippen LogP contribution in [0.3, 0.4) is 0 Å². The topological polar surface area (TPSA) is 63.5 Å².